The van der Waals surface area contributed by atoms with E-state index in [1.807, 2.05) is 36.4 Å². The fourth-order valence-electron chi connectivity index (χ4n) is 2.88. The summed E-state index contributed by atoms with van der Waals surface area (Å²) in [7, 11) is 0. The van der Waals surface area contributed by atoms with Gasteiger partial charge in [-0.2, -0.15) is 0 Å². The van der Waals surface area contributed by atoms with Crippen LogP contribution in [-0.4, -0.2) is 6.61 Å². The normalized spacial score (nSPS) is 10.2. The molecule has 2 heteroatoms. The van der Waals surface area contributed by atoms with Crippen LogP contribution in [0.15, 0.2) is 72.8 Å². The van der Waals surface area contributed by atoms with E-state index in [1.165, 1.54) is 5.56 Å². The van der Waals surface area contributed by atoms with Gasteiger partial charge in [-0.15, -0.1) is 0 Å². The average molecular weight is 388 g/mol. The maximum atomic E-state index is 5.93. The fourth-order valence-corrected chi connectivity index (χ4v) is 3.00. The molecule has 0 aromatic heterocycles. The molecule has 0 saturated carbocycles. The number of hydrogen-bond acceptors (Lipinski definition) is 1. The molecule has 3 rings (SSSR count). The number of benzene rings is 3. The summed E-state index contributed by atoms with van der Waals surface area (Å²) in [6, 6.07) is 24.2. The first kappa shape index (κ1) is 20.1. The summed E-state index contributed by atoms with van der Waals surface area (Å²) >= 11 is 5.90. The van der Waals surface area contributed by atoms with E-state index < -0.39 is 0 Å². The highest BCUT2D eigenvalue weighted by atomic mass is 35.5. The first-order valence-corrected chi connectivity index (χ1v) is 9.95. The standard InChI is InChI=1S/C26H24ClO/c1-21-20-24(12-11-23-13-16-25(27)17-14-23)15-18-26(21)28-19-7-3-6-10-22-8-4-2-5-9-22/h2-5,8-9,13-18,20H,6-7,10,19H2,1H3. The first-order valence-electron chi connectivity index (χ1n) is 9.57. The van der Waals surface area contributed by atoms with Crippen LogP contribution in [0.3, 0.4) is 0 Å². The molecule has 0 fully saturated rings. The Bertz CT molecular complexity index is 934. The highest BCUT2D eigenvalue weighted by Crippen LogP contribution is 2.19. The Labute approximate surface area is 173 Å². The number of aryl methyl sites for hydroxylation is 2. The smallest absolute Gasteiger partial charge is 0.122 e. The molecule has 1 radical (unpaired) electrons. The lowest BCUT2D eigenvalue weighted by atomic mass is 10.1. The van der Waals surface area contributed by atoms with E-state index in [1.54, 1.807) is 0 Å². The summed E-state index contributed by atoms with van der Waals surface area (Å²) in [5.74, 6) is 7.28. The third-order valence-corrected chi connectivity index (χ3v) is 4.68. The monoisotopic (exact) mass is 387 g/mol. The Balaban J connectivity index is 1.43. The second kappa shape index (κ2) is 10.6. The van der Waals surface area contributed by atoms with Gasteiger partial charge in [0.1, 0.15) is 5.75 Å². The lowest BCUT2D eigenvalue weighted by molar-refractivity contribution is 0.317. The van der Waals surface area contributed by atoms with Gasteiger partial charge < -0.3 is 4.74 Å². The van der Waals surface area contributed by atoms with Gasteiger partial charge in [-0.25, -0.2) is 0 Å². The molecule has 0 bridgehead atoms. The van der Waals surface area contributed by atoms with Gasteiger partial charge in [-0.1, -0.05) is 53.8 Å². The maximum Gasteiger partial charge on any atom is 0.122 e. The molecule has 141 valence electrons. The molecule has 0 aliphatic carbocycles. The van der Waals surface area contributed by atoms with Gasteiger partial charge in [-0.3, -0.25) is 0 Å². The van der Waals surface area contributed by atoms with E-state index in [9.17, 15) is 0 Å². The zero-order valence-electron chi connectivity index (χ0n) is 16.1. The van der Waals surface area contributed by atoms with Crippen LogP contribution in [0, 0.1) is 25.2 Å². The van der Waals surface area contributed by atoms with Gasteiger partial charge in [0.15, 0.2) is 0 Å². The Morgan fingerprint density at radius 2 is 1.57 bits per heavy atom. The van der Waals surface area contributed by atoms with Crippen molar-refractivity contribution in [2.45, 2.75) is 26.2 Å². The largest absolute Gasteiger partial charge is 0.493 e. The van der Waals surface area contributed by atoms with E-state index in [2.05, 4.69) is 61.6 Å². The fraction of sp³-hybridized carbons (Fsp3) is 0.192. The molecule has 1 nitrogen and oxygen atoms in total. The molecule has 28 heavy (non-hydrogen) atoms. The number of unbranched alkanes of at least 4 members (excludes halogenated alkanes) is 2. The lowest BCUT2D eigenvalue weighted by Crippen LogP contribution is -2.00. The minimum Gasteiger partial charge on any atom is -0.493 e. The SMILES string of the molecule is Cc1cc(C#Cc2ccc(Cl)cc2)ccc1OCC[CH]CCc1ccccc1. The van der Waals surface area contributed by atoms with Crippen molar-refractivity contribution < 1.29 is 4.74 Å². The molecule has 0 unspecified atom stereocenters. The van der Waals surface area contributed by atoms with Gasteiger partial charge in [0, 0.05) is 16.1 Å². The van der Waals surface area contributed by atoms with Crippen molar-refractivity contribution in [1.82, 2.24) is 0 Å². The summed E-state index contributed by atoms with van der Waals surface area (Å²) in [4.78, 5) is 0. The van der Waals surface area contributed by atoms with Crippen LogP contribution in [0.5, 0.6) is 5.75 Å². The zero-order chi connectivity index (χ0) is 19.6. The van der Waals surface area contributed by atoms with Gasteiger partial charge in [0.05, 0.1) is 6.61 Å². The predicted molar refractivity (Wildman–Crippen MR) is 118 cm³/mol. The molecule has 3 aromatic carbocycles. The molecule has 0 aliphatic heterocycles. The second-order valence-corrected chi connectivity index (χ2v) is 7.12. The maximum absolute atomic E-state index is 5.93. The molecule has 0 heterocycles. The minimum atomic E-state index is 0.700. The number of hydrogen-bond donors (Lipinski definition) is 0. The van der Waals surface area contributed by atoms with Crippen LogP contribution in [-0.2, 0) is 6.42 Å². The summed E-state index contributed by atoms with van der Waals surface area (Å²) < 4.78 is 5.93. The molecular weight excluding hydrogens is 364 g/mol. The van der Waals surface area contributed by atoms with Gasteiger partial charge in [0.2, 0.25) is 0 Å². The van der Waals surface area contributed by atoms with Crippen LogP contribution < -0.4 is 4.74 Å². The molecule has 0 atom stereocenters. The predicted octanol–water partition coefficient (Wildman–Crippen LogP) is 6.65. The molecular formula is C26H24ClO. The second-order valence-electron chi connectivity index (χ2n) is 6.69. The number of rotatable bonds is 7. The van der Waals surface area contributed by atoms with E-state index in [-0.39, 0.29) is 0 Å². The highest BCUT2D eigenvalue weighted by molar-refractivity contribution is 6.30. The van der Waals surface area contributed by atoms with E-state index in [0.29, 0.717) is 6.61 Å². The Kier molecular flexibility index (Phi) is 7.59. The van der Waals surface area contributed by atoms with E-state index >= 15 is 0 Å². The van der Waals surface area contributed by atoms with Crippen LogP contribution >= 0.6 is 11.6 Å². The topological polar surface area (TPSA) is 9.23 Å². The van der Waals surface area contributed by atoms with Crippen LogP contribution in [0.2, 0.25) is 5.02 Å². The lowest BCUT2D eigenvalue weighted by Gasteiger charge is -2.09. The molecule has 3 aromatic rings. The van der Waals surface area contributed by atoms with Crippen LogP contribution in [0.4, 0.5) is 0 Å². The summed E-state index contributed by atoms with van der Waals surface area (Å²) in [6.07, 6.45) is 5.41. The van der Waals surface area contributed by atoms with Crippen molar-refractivity contribution in [1.29, 1.82) is 0 Å². The van der Waals surface area contributed by atoms with Gasteiger partial charge in [-0.05, 0) is 86.2 Å². The summed E-state index contributed by atoms with van der Waals surface area (Å²) in [5.41, 5.74) is 4.42. The van der Waals surface area contributed by atoms with Crippen molar-refractivity contribution >= 4 is 11.6 Å². The summed E-state index contributed by atoms with van der Waals surface area (Å²) in [5, 5.41) is 0.722. The van der Waals surface area contributed by atoms with Crippen LogP contribution in [0.1, 0.15) is 35.1 Å². The molecule has 0 saturated heterocycles. The molecule has 0 amide bonds. The molecule has 0 aliphatic rings. The van der Waals surface area contributed by atoms with Crippen molar-refractivity contribution in [3.05, 3.63) is 106 Å². The number of halogens is 1. The highest BCUT2D eigenvalue weighted by Gasteiger charge is 2.01. The van der Waals surface area contributed by atoms with Crippen molar-refractivity contribution in [3.63, 3.8) is 0 Å². The van der Waals surface area contributed by atoms with Gasteiger partial charge >= 0.3 is 0 Å². The third kappa shape index (κ3) is 6.48. The van der Waals surface area contributed by atoms with Crippen molar-refractivity contribution in [2.75, 3.05) is 6.61 Å². The van der Waals surface area contributed by atoms with Gasteiger partial charge in [0.25, 0.3) is 0 Å². The van der Waals surface area contributed by atoms with Crippen LogP contribution in [0.25, 0.3) is 0 Å². The Morgan fingerprint density at radius 1 is 0.857 bits per heavy atom. The first-order chi connectivity index (χ1) is 13.7. The molecule has 0 spiro atoms. The minimum absolute atomic E-state index is 0.700. The number of ether oxygens (including phenoxy) is 1. The zero-order valence-corrected chi connectivity index (χ0v) is 16.9. The Morgan fingerprint density at radius 3 is 2.32 bits per heavy atom. The third-order valence-electron chi connectivity index (χ3n) is 4.43. The quantitative estimate of drug-likeness (QED) is 0.325. The average Bonchev–Trinajstić information content (AvgIpc) is 2.72. The van der Waals surface area contributed by atoms with Crippen molar-refractivity contribution in [3.8, 4) is 17.6 Å². The summed E-state index contributed by atoms with van der Waals surface area (Å²) in [6.45, 7) is 2.76. The van der Waals surface area contributed by atoms with Crippen molar-refractivity contribution in [2.24, 2.45) is 0 Å². The molecule has 0 N–H and O–H groups in total. The van der Waals surface area contributed by atoms with E-state index in [0.717, 1.165) is 46.7 Å². The van der Waals surface area contributed by atoms with E-state index in [4.69, 9.17) is 16.3 Å². The Hall–Kier alpha value is -2.69.